The van der Waals surface area contributed by atoms with E-state index in [2.05, 4.69) is 31.9 Å². The molecule has 0 aliphatic carbocycles. The summed E-state index contributed by atoms with van der Waals surface area (Å²) in [5.74, 6) is 0.786. The van der Waals surface area contributed by atoms with Crippen LogP contribution >= 0.6 is 11.6 Å². The lowest BCUT2D eigenvalue weighted by atomic mass is 10.1. The highest BCUT2D eigenvalue weighted by molar-refractivity contribution is 6.33. The quantitative estimate of drug-likeness (QED) is 0.720. The second-order valence-corrected chi connectivity index (χ2v) is 5.92. The third-order valence-corrected chi connectivity index (χ3v) is 3.84. The Balaban J connectivity index is 1.87. The lowest BCUT2D eigenvalue weighted by molar-refractivity contribution is 0.982. The Morgan fingerprint density at radius 3 is 2.68 bits per heavy atom. The zero-order chi connectivity index (χ0) is 17.8. The molecule has 3 aromatic rings. The van der Waals surface area contributed by atoms with Crippen LogP contribution in [0.15, 0.2) is 42.6 Å². The standard InChI is InChI=1S/C18H15ClN6/c1-11-7-12(2)17(14(19)8-11)23-16-10-21-25-18(24-16)22-15-6-4-3-5-13(15)9-20/h3-8,10H,1-2H3,(H2,22,23,24,25). The summed E-state index contributed by atoms with van der Waals surface area (Å²) in [5, 5.41) is 23.8. The van der Waals surface area contributed by atoms with Crippen LogP contribution in [-0.2, 0) is 0 Å². The summed E-state index contributed by atoms with van der Waals surface area (Å²) < 4.78 is 0. The minimum atomic E-state index is 0.286. The molecule has 2 N–H and O–H groups in total. The van der Waals surface area contributed by atoms with Crippen LogP contribution in [-0.4, -0.2) is 15.2 Å². The maximum Gasteiger partial charge on any atom is 0.249 e. The van der Waals surface area contributed by atoms with E-state index >= 15 is 0 Å². The van der Waals surface area contributed by atoms with E-state index in [0.717, 1.165) is 16.8 Å². The van der Waals surface area contributed by atoms with Crippen LogP contribution in [0, 0.1) is 25.2 Å². The first kappa shape index (κ1) is 16.7. The molecule has 25 heavy (non-hydrogen) atoms. The fraction of sp³-hybridized carbons (Fsp3) is 0.111. The number of hydrogen-bond donors (Lipinski definition) is 2. The van der Waals surface area contributed by atoms with E-state index in [4.69, 9.17) is 16.9 Å². The summed E-state index contributed by atoms with van der Waals surface area (Å²) in [6, 6.07) is 13.2. The predicted octanol–water partition coefficient (Wildman–Crippen LogP) is 4.50. The number of rotatable bonds is 4. The molecule has 0 radical (unpaired) electrons. The van der Waals surface area contributed by atoms with Crippen molar-refractivity contribution in [2.24, 2.45) is 0 Å². The molecule has 0 unspecified atom stereocenters. The average molecular weight is 351 g/mol. The molecule has 0 bridgehead atoms. The van der Waals surface area contributed by atoms with E-state index in [1.54, 1.807) is 18.2 Å². The first-order valence-electron chi connectivity index (χ1n) is 7.56. The Hall–Kier alpha value is -3.17. The van der Waals surface area contributed by atoms with Crippen LogP contribution in [0.3, 0.4) is 0 Å². The minimum Gasteiger partial charge on any atom is -0.337 e. The van der Waals surface area contributed by atoms with Crippen molar-refractivity contribution in [3.05, 3.63) is 64.3 Å². The highest BCUT2D eigenvalue weighted by Gasteiger charge is 2.09. The lowest BCUT2D eigenvalue weighted by Gasteiger charge is -2.12. The topological polar surface area (TPSA) is 86.5 Å². The number of aromatic nitrogens is 3. The van der Waals surface area contributed by atoms with E-state index in [-0.39, 0.29) is 5.95 Å². The first-order valence-corrected chi connectivity index (χ1v) is 7.94. The Labute approximate surface area is 150 Å². The molecule has 0 atom stereocenters. The Morgan fingerprint density at radius 2 is 1.92 bits per heavy atom. The molecule has 7 heteroatoms. The molecule has 0 aliphatic heterocycles. The van der Waals surface area contributed by atoms with E-state index in [9.17, 15) is 0 Å². The molecule has 2 aromatic carbocycles. The van der Waals surface area contributed by atoms with E-state index < -0.39 is 0 Å². The van der Waals surface area contributed by atoms with E-state index in [0.29, 0.717) is 22.1 Å². The second-order valence-electron chi connectivity index (χ2n) is 5.51. The van der Waals surface area contributed by atoms with Gasteiger partial charge in [0.05, 0.1) is 28.2 Å². The number of nitrogens with one attached hydrogen (secondary N) is 2. The number of nitrogens with zero attached hydrogens (tertiary/aromatic N) is 4. The lowest BCUT2D eigenvalue weighted by Crippen LogP contribution is -2.04. The predicted molar refractivity (Wildman–Crippen MR) is 98.5 cm³/mol. The van der Waals surface area contributed by atoms with Gasteiger partial charge in [-0.25, -0.2) is 0 Å². The molecule has 0 saturated heterocycles. The number of hydrogen-bond acceptors (Lipinski definition) is 6. The molecule has 0 saturated carbocycles. The SMILES string of the molecule is Cc1cc(C)c(Nc2cnnc(Nc3ccccc3C#N)n2)c(Cl)c1. The number of benzene rings is 2. The number of nitriles is 1. The van der Waals surface area contributed by atoms with Gasteiger partial charge in [0.2, 0.25) is 5.95 Å². The van der Waals surface area contributed by atoms with E-state index in [1.807, 2.05) is 32.0 Å². The van der Waals surface area contributed by atoms with Gasteiger partial charge in [-0.05, 0) is 43.2 Å². The Morgan fingerprint density at radius 1 is 1.12 bits per heavy atom. The van der Waals surface area contributed by atoms with Gasteiger partial charge in [-0.3, -0.25) is 0 Å². The van der Waals surface area contributed by atoms with Crippen LogP contribution in [0.25, 0.3) is 0 Å². The van der Waals surface area contributed by atoms with Crippen LogP contribution in [0.4, 0.5) is 23.1 Å². The largest absolute Gasteiger partial charge is 0.337 e. The van der Waals surface area contributed by atoms with Gasteiger partial charge >= 0.3 is 0 Å². The summed E-state index contributed by atoms with van der Waals surface area (Å²) in [5.41, 5.74) is 3.99. The van der Waals surface area contributed by atoms with Crippen molar-refractivity contribution in [3.63, 3.8) is 0 Å². The maximum absolute atomic E-state index is 9.16. The number of halogens is 1. The average Bonchev–Trinajstić information content (AvgIpc) is 2.59. The molecule has 6 nitrogen and oxygen atoms in total. The van der Waals surface area contributed by atoms with Crippen LogP contribution in [0.5, 0.6) is 0 Å². The fourth-order valence-corrected chi connectivity index (χ4v) is 2.80. The third kappa shape index (κ3) is 3.84. The zero-order valence-electron chi connectivity index (χ0n) is 13.7. The van der Waals surface area contributed by atoms with Gasteiger partial charge in [-0.1, -0.05) is 29.8 Å². The third-order valence-electron chi connectivity index (χ3n) is 3.54. The highest BCUT2D eigenvalue weighted by Crippen LogP contribution is 2.29. The maximum atomic E-state index is 9.16. The van der Waals surface area contributed by atoms with Crippen LogP contribution in [0.2, 0.25) is 5.02 Å². The molecule has 1 heterocycles. The summed E-state index contributed by atoms with van der Waals surface area (Å²) in [7, 11) is 0. The van der Waals surface area contributed by atoms with Gasteiger partial charge in [-0.15, -0.1) is 5.10 Å². The van der Waals surface area contributed by atoms with Crippen molar-refractivity contribution < 1.29 is 0 Å². The van der Waals surface area contributed by atoms with Gasteiger partial charge in [-0.2, -0.15) is 15.3 Å². The van der Waals surface area contributed by atoms with Crippen molar-refractivity contribution in [2.45, 2.75) is 13.8 Å². The van der Waals surface area contributed by atoms with Gasteiger partial charge in [0.1, 0.15) is 6.07 Å². The van der Waals surface area contributed by atoms with Crippen LogP contribution < -0.4 is 10.6 Å². The first-order chi connectivity index (χ1) is 12.1. The molecular formula is C18H15ClN6. The molecule has 3 rings (SSSR count). The van der Waals surface area contributed by atoms with Crippen molar-refractivity contribution in [3.8, 4) is 6.07 Å². The summed E-state index contributed by atoms with van der Waals surface area (Å²) in [6.45, 7) is 3.96. The summed E-state index contributed by atoms with van der Waals surface area (Å²) >= 11 is 6.32. The van der Waals surface area contributed by atoms with Crippen molar-refractivity contribution in [1.82, 2.24) is 15.2 Å². The molecule has 0 aliphatic rings. The summed E-state index contributed by atoms with van der Waals surface area (Å²) in [6.07, 6.45) is 1.51. The molecule has 124 valence electrons. The monoisotopic (exact) mass is 350 g/mol. The number of anilines is 4. The minimum absolute atomic E-state index is 0.286. The van der Waals surface area contributed by atoms with Crippen molar-refractivity contribution >= 4 is 34.7 Å². The smallest absolute Gasteiger partial charge is 0.249 e. The molecule has 1 aromatic heterocycles. The van der Waals surface area contributed by atoms with Crippen molar-refractivity contribution in [2.75, 3.05) is 10.6 Å². The van der Waals surface area contributed by atoms with E-state index in [1.165, 1.54) is 6.20 Å². The van der Waals surface area contributed by atoms with Crippen molar-refractivity contribution in [1.29, 1.82) is 5.26 Å². The number of para-hydroxylation sites is 1. The van der Waals surface area contributed by atoms with Gasteiger partial charge < -0.3 is 10.6 Å². The Bertz CT molecular complexity index is 941. The number of aryl methyl sites for hydroxylation is 2. The van der Waals surface area contributed by atoms with Gasteiger partial charge in [0.25, 0.3) is 0 Å². The molecule has 0 fully saturated rings. The van der Waals surface area contributed by atoms with Crippen LogP contribution in [0.1, 0.15) is 16.7 Å². The Kier molecular flexibility index (Phi) is 4.78. The zero-order valence-corrected chi connectivity index (χ0v) is 14.5. The summed E-state index contributed by atoms with van der Waals surface area (Å²) in [4.78, 5) is 4.38. The second kappa shape index (κ2) is 7.16. The normalized spacial score (nSPS) is 10.2. The fourth-order valence-electron chi connectivity index (χ4n) is 2.43. The van der Waals surface area contributed by atoms with Gasteiger partial charge in [0.15, 0.2) is 5.82 Å². The molecule has 0 spiro atoms. The molecular weight excluding hydrogens is 336 g/mol. The molecule has 0 amide bonds. The highest BCUT2D eigenvalue weighted by atomic mass is 35.5. The van der Waals surface area contributed by atoms with Gasteiger partial charge in [0, 0.05) is 0 Å².